The quantitative estimate of drug-likeness (QED) is 0.542. The van der Waals surface area contributed by atoms with Crippen molar-refractivity contribution in [3.63, 3.8) is 0 Å². The lowest BCUT2D eigenvalue weighted by atomic mass is 10.1. The summed E-state index contributed by atoms with van der Waals surface area (Å²) >= 11 is 0. The number of rotatable bonds is 2. The third-order valence-electron chi connectivity index (χ3n) is 1.53. The maximum absolute atomic E-state index is 9.22. The summed E-state index contributed by atoms with van der Waals surface area (Å²) in [5.74, 6) is 0. The first kappa shape index (κ1) is 6.05. The summed E-state index contributed by atoms with van der Waals surface area (Å²) in [6.07, 6.45) is 2.68. The lowest BCUT2D eigenvalue weighted by Gasteiger charge is -2.08. The highest BCUT2D eigenvalue weighted by atomic mass is 16.3. The molecule has 1 aliphatic carbocycles. The standard InChI is InChI=1S/C6H13NO/c1-5(7)4-6(8)2-3-6/h5,8H,2-4,7H2,1H3/t5-/m1/s1. The maximum atomic E-state index is 9.22. The van der Waals surface area contributed by atoms with Crippen LogP contribution in [0.3, 0.4) is 0 Å². The fourth-order valence-electron chi connectivity index (χ4n) is 0.948. The molecular formula is C6H13NO. The van der Waals surface area contributed by atoms with Crippen molar-refractivity contribution in [1.82, 2.24) is 0 Å². The van der Waals surface area contributed by atoms with E-state index < -0.39 is 0 Å². The zero-order valence-corrected chi connectivity index (χ0v) is 5.22. The molecule has 0 spiro atoms. The van der Waals surface area contributed by atoms with Gasteiger partial charge in [-0.1, -0.05) is 0 Å². The second-order valence-electron chi connectivity index (χ2n) is 2.91. The Hall–Kier alpha value is -0.0800. The van der Waals surface area contributed by atoms with Crippen molar-refractivity contribution < 1.29 is 5.11 Å². The lowest BCUT2D eigenvalue weighted by Crippen LogP contribution is -2.23. The van der Waals surface area contributed by atoms with E-state index in [4.69, 9.17) is 5.73 Å². The molecule has 0 aliphatic heterocycles. The molecule has 0 aromatic heterocycles. The molecule has 1 fully saturated rings. The molecular weight excluding hydrogens is 102 g/mol. The first-order chi connectivity index (χ1) is 3.62. The van der Waals surface area contributed by atoms with Crippen molar-refractivity contribution in [1.29, 1.82) is 0 Å². The van der Waals surface area contributed by atoms with Crippen LogP contribution in [-0.2, 0) is 0 Å². The van der Waals surface area contributed by atoms with E-state index in [1.54, 1.807) is 0 Å². The van der Waals surface area contributed by atoms with E-state index in [0.29, 0.717) is 0 Å². The van der Waals surface area contributed by atoms with Gasteiger partial charge in [0.15, 0.2) is 0 Å². The van der Waals surface area contributed by atoms with Crippen LogP contribution in [0.1, 0.15) is 26.2 Å². The number of aliphatic hydroxyl groups is 1. The first-order valence-electron chi connectivity index (χ1n) is 3.10. The van der Waals surface area contributed by atoms with Gasteiger partial charge < -0.3 is 10.8 Å². The number of nitrogens with two attached hydrogens (primary N) is 1. The van der Waals surface area contributed by atoms with Crippen LogP contribution >= 0.6 is 0 Å². The van der Waals surface area contributed by atoms with Crippen LogP contribution in [0.2, 0.25) is 0 Å². The zero-order chi connectivity index (χ0) is 6.20. The summed E-state index contributed by atoms with van der Waals surface area (Å²) in [6, 6.07) is 0.155. The van der Waals surface area contributed by atoms with Crippen molar-refractivity contribution in [2.75, 3.05) is 0 Å². The van der Waals surface area contributed by atoms with Crippen LogP contribution in [-0.4, -0.2) is 16.7 Å². The molecule has 1 saturated carbocycles. The van der Waals surface area contributed by atoms with Crippen LogP contribution in [0.15, 0.2) is 0 Å². The van der Waals surface area contributed by atoms with Gasteiger partial charge in [-0.2, -0.15) is 0 Å². The molecule has 0 radical (unpaired) electrons. The fraction of sp³-hybridized carbons (Fsp3) is 1.00. The van der Waals surface area contributed by atoms with Crippen molar-refractivity contribution in [2.45, 2.75) is 37.8 Å². The minimum absolute atomic E-state index is 0.155. The van der Waals surface area contributed by atoms with E-state index in [9.17, 15) is 5.11 Å². The Morgan fingerprint density at radius 2 is 2.25 bits per heavy atom. The Balaban J connectivity index is 2.19. The minimum atomic E-state index is -0.353. The van der Waals surface area contributed by atoms with Crippen LogP contribution < -0.4 is 5.73 Å². The summed E-state index contributed by atoms with van der Waals surface area (Å²) in [5.41, 5.74) is 5.11. The molecule has 0 heterocycles. The average Bonchev–Trinajstić information content (AvgIpc) is 2.17. The van der Waals surface area contributed by atoms with Gasteiger partial charge in [0.2, 0.25) is 0 Å². The predicted molar refractivity (Wildman–Crippen MR) is 32.5 cm³/mol. The van der Waals surface area contributed by atoms with Gasteiger partial charge in [0.05, 0.1) is 5.60 Å². The van der Waals surface area contributed by atoms with Gasteiger partial charge in [0.1, 0.15) is 0 Å². The van der Waals surface area contributed by atoms with Gasteiger partial charge >= 0.3 is 0 Å². The second-order valence-corrected chi connectivity index (χ2v) is 2.91. The van der Waals surface area contributed by atoms with Crippen molar-refractivity contribution >= 4 is 0 Å². The van der Waals surface area contributed by atoms with Crippen molar-refractivity contribution in [2.24, 2.45) is 5.73 Å². The average molecular weight is 115 g/mol. The van der Waals surface area contributed by atoms with Crippen LogP contribution in [0.4, 0.5) is 0 Å². The molecule has 3 N–H and O–H groups in total. The van der Waals surface area contributed by atoms with Crippen LogP contribution in [0.25, 0.3) is 0 Å². The SMILES string of the molecule is C[C@@H](N)CC1(O)CC1. The van der Waals surface area contributed by atoms with E-state index in [1.807, 2.05) is 6.92 Å². The van der Waals surface area contributed by atoms with E-state index >= 15 is 0 Å². The van der Waals surface area contributed by atoms with E-state index in [-0.39, 0.29) is 11.6 Å². The smallest absolute Gasteiger partial charge is 0.0664 e. The molecule has 8 heavy (non-hydrogen) atoms. The normalized spacial score (nSPS) is 27.4. The van der Waals surface area contributed by atoms with Crippen LogP contribution in [0, 0.1) is 0 Å². The number of hydrogen-bond acceptors (Lipinski definition) is 2. The minimum Gasteiger partial charge on any atom is -0.390 e. The Bertz CT molecular complexity index is 86.5. The summed E-state index contributed by atoms with van der Waals surface area (Å²) in [5, 5.41) is 9.22. The van der Waals surface area contributed by atoms with Gasteiger partial charge in [0.25, 0.3) is 0 Å². The Morgan fingerprint density at radius 3 is 2.38 bits per heavy atom. The molecule has 0 unspecified atom stereocenters. The molecule has 0 amide bonds. The molecule has 0 aromatic rings. The second kappa shape index (κ2) is 1.71. The van der Waals surface area contributed by atoms with Gasteiger partial charge in [-0.25, -0.2) is 0 Å². The molecule has 0 saturated heterocycles. The first-order valence-corrected chi connectivity index (χ1v) is 3.10. The topological polar surface area (TPSA) is 46.2 Å². The third-order valence-corrected chi connectivity index (χ3v) is 1.53. The van der Waals surface area contributed by atoms with Gasteiger partial charge in [-0.3, -0.25) is 0 Å². The van der Waals surface area contributed by atoms with Crippen molar-refractivity contribution in [3.05, 3.63) is 0 Å². The van der Waals surface area contributed by atoms with Crippen molar-refractivity contribution in [3.8, 4) is 0 Å². The van der Waals surface area contributed by atoms with Gasteiger partial charge in [-0.05, 0) is 26.2 Å². The predicted octanol–water partition coefficient (Wildman–Crippen LogP) is 0.249. The molecule has 1 rings (SSSR count). The van der Waals surface area contributed by atoms with E-state index in [1.165, 1.54) is 0 Å². The van der Waals surface area contributed by atoms with Gasteiger partial charge in [-0.15, -0.1) is 0 Å². The molecule has 0 bridgehead atoms. The largest absolute Gasteiger partial charge is 0.390 e. The monoisotopic (exact) mass is 115 g/mol. The highest BCUT2D eigenvalue weighted by Gasteiger charge is 2.40. The molecule has 48 valence electrons. The van der Waals surface area contributed by atoms with E-state index in [2.05, 4.69) is 0 Å². The summed E-state index contributed by atoms with van der Waals surface area (Å²) in [6.45, 7) is 1.93. The molecule has 0 aromatic carbocycles. The molecule has 2 nitrogen and oxygen atoms in total. The molecule has 1 aliphatic rings. The van der Waals surface area contributed by atoms with E-state index in [0.717, 1.165) is 19.3 Å². The molecule has 1 atom stereocenters. The summed E-state index contributed by atoms with van der Waals surface area (Å²) in [4.78, 5) is 0. The highest BCUT2D eigenvalue weighted by Crippen LogP contribution is 2.38. The Morgan fingerprint density at radius 1 is 1.75 bits per heavy atom. The fourth-order valence-corrected chi connectivity index (χ4v) is 0.948. The highest BCUT2D eigenvalue weighted by molar-refractivity contribution is 4.94. The Labute approximate surface area is 49.7 Å². The Kier molecular flexibility index (Phi) is 1.29. The summed E-state index contributed by atoms with van der Waals surface area (Å²) < 4.78 is 0. The third kappa shape index (κ3) is 1.46. The molecule has 2 heteroatoms. The summed E-state index contributed by atoms with van der Waals surface area (Å²) in [7, 11) is 0. The van der Waals surface area contributed by atoms with Crippen LogP contribution in [0.5, 0.6) is 0 Å². The number of hydrogen-bond donors (Lipinski definition) is 2. The zero-order valence-electron chi connectivity index (χ0n) is 5.22. The van der Waals surface area contributed by atoms with Gasteiger partial charge in [0, 0.05) is 6.04 Å². The lowest BCUT2D eigenvalue weighted by molar-refractivity contribution is 0.133. The maximum Gasteiger partial charge on any atom is 0.0664 e.